The quantitative estimate of drug-likeness (QED) is 0.296. The maximum Gasteiger partial charge on any atom is 0.300 e. The Hall–Kier alpha value is -3.58. The van der Waals surface area contributed by atoms with Crippen LogP contribution in [0.1, 0.15) is 47.4 Å². The molecule has 0 saturated carbocycles. The van der Waals surface area contributed by atoms with E-state index < -0.39 is 17.7 Å². The lowest BCUT2D eigenvalue weighted by atomic mass is 9.94. The fourth-order valence-corrected chi connectivity index (χ4v) is 5.17. The zero-order valence-corrected chi connectivity index (χ0v) is 19.6. The highest BCUT2D eigenvalue weighted by atomic mass is 32.1. The average molecular weight is 464 g/mol. The SMILES string of the molecule is COc1ccc(/C(O)=C2/C(=O)C(=O)N(c3ccccc3O)C2c2sccc2C)cc1C(C)C. The summed E-state index contributed by atoms with van der Waals surface area (Å²) in [5, 5.41) is 23.7. The number of hydrogen-bond donors (Lipinski definition) is 2. The van der Waals surface area contributed by atoms with Crippen molar-refractivity contribution in [2.24, 2.45) is 0 Å². The predicted molar refractivity (Wildman–Crippen MR) is 129 cm³/mol. The number of aliphatic hydroxyl groups excluding tert-OH is 1. The summed E-state index contributed by atoms with van der Waals surface area (Å²) in [5.41, 5.74) is 2.40. The molecule has 1 unspecified atom stereocenters. The van der Waals surface area contributed by atoms with Gasteiger partial charge in [0.15, 0.2) is 0 Å². The van der Waals surface area contributed by atoms with E-state index in [0.717, 1.165) is 16.0 Å². The van der Waals surface area contributed by atoms with Crippen LogP contribution in [0.4, 0.5) is 5.69 Å². The van der Waals surface area contributed by atoms with E-state index in [2.05, 4.69) is 0 Å². The molecule has 1 amide bonds. The first kappa shape index (κ1) is 22.6. The number of aromatic hydroxyl groups is 1. The van der Waals surface area contributed by atoms with Gasteiger partial charge in [-0.25, -0.2) is 0 Å². The molecule has 33 heavy (non-hydrogen) atoms. The van der Waals surface area contributed by atoms with Crippen LogP contribution in [-0.4, -0.2) is 29.0 Å². The number of rotatable bonds is 5. The van der Waals surface area contributed by atoms with Crippen molar-refractivity contribution in [3.8, 4) is 11.5 Å². The standard InChI is InChI=1S/C26H25NO5S/c1-14(2)17-13-16(9-10-20(17)32-4)23(29)21-22(25-15(3)11-12-33-25)27(26(31)24(21)30)18-7-5-6-8-19(18)28/h5-14,22,28-29H,1-4H3/b23-21-. The Kier molecular flexibility index (Phi) is 5.99. The fraction of sp³-hybridized carbons (Fsp3) is 0.231. The Balaban J connectivity index is 1.97. The van der Waals surface area contributed by atoms with Crippen LogP contribution >= 0.6 is 11.3 Å². The van der Waals surface area contributed by atoms with Gasteiger partial charge in [0.1, 0.15) is 23.3 Å². The number of benzene rings is 2. The number of thiophene rings is 1. The van der Waals surface area contributed by atoms with Crippen molar-refractivity contribution in [1.29, 1.82) is 0 Å². The van der Waals surface area contributed by atoms with E-state index in [-0.39, 0.29) is 28.7 Å². The number of aliphatic hydroxyl groups is 1. The van der Waals surface area contributed by atoms with Gasteiger partial charge in [0.05, 0.1) is 18.4 Å². The van der Waals surface area contributed by atoms with Crippen LogP contribution in [0, 0.1) is 6.92 Å². The van der Waals surface area contributed by atoms with E-state index in [1.807, 2.05) is 32.2 Å². The fourth-order valence-electron chi connectivity index (χ4n) is 4.15. The number of ketones is 1. The molecule has 7 heteroatoms. The highest BCUT2D eigenvalue weighted by molar-refractivity contribution is 7.10. The molecule has 2 aromatic carbocycles. The number of phenols is 1. The molecule has 0 aliphatic carbocycles. The number of nitrogens with zero attached hydrogens (tertiary/aromatic N) is 1. The van der Waals surface area contributed by atoms with Crippen LogP contribution in [0.5, 0.6) is 11.5 Å². The van der Waals surface area contributed by atoms with E-state index in [4.69, 9.17) is 4.74 Å². The number of anilines is 1. The normalized spacial score (nSPS) is 17.7. The monoisotopic (exact) mass is 463 g/mol. The Bertz CT molecular complexity index is 1270. The maximum atomic E-state index is 13.3. The summed E-state index contributed by atoms with van der Waals surface area (Å²) in [6.07, 6.45) is 0. The first-order valence-electron chi connectivity index (χ1n) is 10.6. The summed E-state index contributed by atoms with van der Waals surface area (Å²) in [6.45, 7) is 5.91. The first-order chi connectivity index (χ1) is 15.8. The lowest BCUT2D eigenvalue weighted by Gasteiger charge is -2.25. The molecule has 1 aliphatic rings. The summed E-state index contributed by atoms with van der Waals surface area (Å²) in [7, 11) is 1.58. The second-order valence-corrected chi connectivity index (χ2v) is 9.18. The van der Waals surface area contributed by atoms with Gasteiger partial charge >= 0.3 is 0 Å². The van der Waals surface area contributed by atoms with Crippen molar-refractivity contribution in [3.05, 3.63) is 81.1 Å². The zero-order chi connectivity index (χ0) is 23.9. The minimum absolute atomic E-state index is 0.00586. The minimum atomic E-state index is -0.858. The highest BCUT2D eigenvalue weighted by Crippen LogP contribution is 2.47. The van der Waals surface area contributed by atoms with E-state index in [9.17, 15) is 19.8 Å². The highest BCUT2D eigenvalue weighted by Gasteiger charge is 2.48. The third kappa shape index (κ3) is 3.78. The van der Waals surface area contributed by atoms with E-state index >= 15 is 0 Å². The Morgan fingerprint density at radius 3 is 2.45 bits per heavy atom. The molecule has 0 spiro atoms. The Morgan fingerprint density at radius 1 is 1.12 bits per heavy atom. The molecule has 1 saturated heterocycles. The van der Waals surface area contributed by atoms with Crippen LogP contribution in [0.2, 0.25) is 0 Å². The number of hydrogen-bond acceptors (Lipinski definition) is 6. The number of carbonyl (C=O) groups excluding carboxylic acids is 2. The van der Waals surface area contributed by atoms with Gasteiger partial charge in [-0.2, -0.15) is 0 Å². The third-order valence-corrected chi connectivity index (χ3v) is 6.93. The largest absolute Gasteiger partial charge is 0.507 e. The average Bonchev–Trinajstić information content (AvgIpc) is 3.33. The molecular weight excluding hydrogens is 438 g/mol. The van der Waals surface area contributed by atoms with Crippen LogP contribution in [0.3, 0.4) is 0 Å². The minimum Gasteiger partial charge on any atom is -0.507 e. The van der Waals surface area contributed by atoms with Crippen molar-refractivity contribution >= 4 is 34.5 Å². The van der Waals surface area contributed by atoms with Gasteiger partial charge in [-0.05, 0) is 65.7 Å². The van der Waals surface area contributed by atoms with Crippen LogP contribution in [0.15, 0.2) is 59.5 Å². The van der Waals surface area contributed by atoms with Crippen molar-refractivity contribution in [2.45, 2.75) is 32.7 Å². The lowest BCUT2D eigenvalue weighted by molar-refractivity contribution is -0.132. The molecule has 1 atom stereocenters. The summed E-state index contributed by atoms with van der Waals surface area (Å²) in [4.78, 5) is 28.5. The van der Waals surface area contributed by atoms with Gasteiger partial charge in [0, 0.05) is 10.4 Å². The number of phenolic OH excluding ortho intramolecular Hbond substituents is 1. The number of Topliss-reactive ketones (excluding diaryl/α,β-unsaturated/α-hetero) is 1. The van der Waals surface area contributed by atoms with Crippen molar-refractivity contribution in [3.63, 3.8) is 0 Å². The van der Waals surface area contributed by atoms with Crippen molar-refractivity contribution in [1.82, 2.24) is 0 Å². The Labute approximate surface area is 196 Å². The molecule has 1 aliphatic heterocycles. The van der Waals surface area contributed by atoms with Gasteiger partial charge in [-0.15, -0.1) is 11.3 Å². The molecule has 2 heterocycles. The number of para-hydroxylation sites is 2. The molecular formula is C26H25NO5S. The van der Waals surface area contributed by atoms with Gasteiger partial charge in [-0.3, -0.25) is 14.5 Å². The lowest BCUT2D eigenvalue weighted by Crippen LogP contribution is -2.29. The molecule has 1 fully saturated rings. The second kappa shape index (κ2) is 8.75. The van der Waals surface area contributed by atoms with Gasteiger partial charge in [0.25, 0.3) is 11.7 Å². The molecule has 1 aromatic heterocycles. The number of carbonyl (C=O) groups is 2. The first-order valence-corrected chi connectivity index (χ1v) is 11.5. The van der Waals surface area contributed by atoms with Crippen molar-refractivity contribution in [2.75, 3.05) is 12.0 Å². The molecule has 3 aromatic rings. The summed E-state index contributed by atoms with van der Waals surface area (Å²) < 4.78 is 5.44. The van der Waals surface area contributed by atoms with Crippen LogP contribution in [-0.2, 0) is 9.59 Å². The third-order valence-electron chi connectivity index (χ3n) is 5.86. The molecule has 0 bridgehead atoms. The number of aryl methyl sites for hydroxylation is 1. The molecule has 170 valence electrons. The number of amides is 1. The number of ether oxygens (including phenoxy) is 1. The maximum absolute atomic E-state index is 13.3. The van der Waals surface area contributed by atoms with E-state index in [0.29, 0.717) is 11.3 Å². The Morgan fingerprint density at radius 2 is 1.85 bits per heavy atom. The zero-order valence-electron chi connectivity index (χ0n) is 18.8. The van der Waals surface area contributed by atoms with Gasteiger partial charge < -0.3 is 14.9 Å². The smallest absolute Gasteiger partial charge is 0.300 e. The second-order valence-electron chi connectivity index (χ2n) is 8.24. The van der Waals surface area contributed by atoms with E-state index in [1.165, 1.54) is 22.3 Å². The molecule has 6 nitrogen and oxygen atoms in total. The van der Waals surface area contributed by atoms with Gasteiger partial charge in [-0.1, -0.05) is 26.0 Å². The molecule has 2 N–H and O–H groups in total. The summed E-state index contributed by atoms with van der Waals surface area (Å²) >= 11 is 1.39. The molecule has 4 rings (SSSR count). The van der Waals surface area contributed by atoms with Crippen molar-refractivity contribution < 1.29 is 24.5 Å². The number of methoxy groups -OCH3 is 1. The van der Waals surface area contributed by atoms with Gasteiger partial charge in [0.2, 0.25) is 0 Å². The summed E-state index contributed by atoms with van der Waals surface area (Å²) in [5.74, 6) is -1.17. The molecule has 0 radical (unpaired) electrons. The summed E-state index contributed by atoms with van der Waals surface area (Å²) in [6, 6.07) is 12.6. The predicted octanol–water partition coefficient (Wildman–Crippen LogP) is 5.52. The van der Waals surface area contributed by atoms with E-state index in [1.54, 1.807) is 43.5 Å². The van der Waals surface area contributed by atoms with Crippen LogP contribution in [0.25, 0.3) is 5.76 Å². The van der Waals surface area contributed by atoms with Crippen LogP contribution < -0.4 is 9.64 Å². The topological polar surface area (TPSA) is 87.1 Å².